The Balaban J connectivity index is 2.11. The number of hydrogen-bond acceptors (Lipinski definition) is 2. The summed E-state index contributed by atoms with van der Waals surface area (Å²) < 4.78 is 0. The molecule has 3 rings (SSSR count). The Morgan fingerprint density at radius 2 is 2.26 bits per heavy atom. The highest BCUT2D eigenvalue weighted by Gasteiger charge is 2.48. The van der Waals surface area contributed by atoms with E-state index in [2.05, 4.69) is 28.9 Å². The van der Waals surface area contributed by atoms with E-state index in [0.717, 1.165) is 25.7 Å². The average molecular weight is 323 g/mol. The molecular formula is C16H19BrO2. The maximum Gasteiger partial charge on any atom is 0.146 e. The molecule has 0 amide bonds. The molecule has 0 bridgehead atoms. The first kappa shape index (κ1) is 13.2. The zero-order valence-corrected chi connectivity index (χ0v) is 12.7. The third kappa shape index (κ3) is 1.94. The molecule has 3 heteroatoms. The SMILES string of the molecule is CCC12CC(Br)C(=O)CC1CCc1cc(O)ccc12. The minimum atomic E-state index is -0.0107. The van der Waals surface area contributed by atoms with E-state index >= 15 is 0 Å². The number of benzene rings is 1. The fourth-order valence-corrected chi connectivity index (χ4v) is 4.87. The minimum Gasteiger partial charge on any atom is -0.508 e. The summed E-state index contributed by atoms with van der Waals surface area (Å²) in [6.07, 6.45) is 4.70. The number of rotatable bonds is 1. The molecule has 2 aliphatic rings. The van der Waals surface area contributed by atoms with Crippen molar-refractivity contribution in [2.45, 2.75) is 49.3 Å². The lowest BCUT2D eigenvalue weighted by atomic mass is 9.56. The van der Waals surface area contributed by atoms with E-state index < -0.39 is 0 Å². The number of hydrogen-bond donors (Lipinski definition) is 1. The first-order chi connectivity index (χ1) is 9.06. The van der Waals surface area contributed by atoms with E-state index in [0.29, 0.717) is 23.9 Å². The molecule has 0 aromatic heterocycles. The van der Waals surface area contributed by atoms with Crippen LogP contribution in [-0.4, -0.2) is 15.7 Å². The molecule has 0 aliphatic heterocycles. The summed E-state index contributed by atoms with van der Waals surface area (Å²) in [6, 6.07) is 5.77. The van der Waals surface area contributed by atoms with Crippen molar-refractivity contribution >= 4 is 21.7 Å². The van der Waals surface area contributed by atoms with Gasteiger partial charge in [-0.1, -0.05) is 28.9 Å². The number of fused-ring (bicyclic) bond motifs is 3. The second-order valence-electron chi connectivity index (χ2n) is 5.93. The molecule has 1 saturated carbocycles. The van der Waals surface area contributed by atoms with E-state index in [1.54, 1.807) is 6.07 Å². The van der Waals surface area contributed by atoms with Gasteiger partial charge in [-0.15, -0.1) is 0 Å². The van der Waals surface area contributed by atoms with E-state index in [9.17, 15) is 9.90 Å². The second kappa shape index (κ2) is 4.62. The van der Waals surface area contributed by atoms with Crippen molar-refractivity contribution in [1.29, 1.82) is 0 Å². The Bertz CT molecular complexity index is 525. The standard InChI is InChI=1S/C16H19BrO2/c1-2-16-9-14(17)15(19)8-11(16)4-3-10-7-12(18)5-6-13(10)16/h5-7,11,14,18H,2-4,8-9H2,1H3. The van der Waals surface area contributed by atoms with Crippen LogP contribution >= 0.6 is 15.9 Å². The quantitative estimate of drug-likeness (QED) is 0.800. The molecule has 2 nitrogen and oxygen atoms in total. The first-order valence-corrected chi connectivity index (χ1v) is 7.97. The number of alkyl halides is 1. The molecule has 19 heavy (non-hydrogen) atoms. The number of carbonyl (C=O) groups is 1. The summed E-state index contributed by atoms with van der Waals surface area (Å²) in [7, 11) is 0. The lowest BCUT2D eigenvalue weighted by Gasteiger charge is -2.49. The molecule has 0 spiro atoms. The highest BCUT2D eigenvalue weighted by atomic mass is 79.9. The lowest BCUT2D eigenvalue weighted by molar-refractivity contribution is -0.122. The molecule has 0 heterocycles. The van der Waals surface area contributed by atoms with Gasteiger partial charge >= 0.3 is 0 Å². The van der Waals surface area contributed by atoms with Crippen molar-refractivity contribution in [3.63, 3.8) is 0 Å². The Morgan fingerprint density at radius 1 is 1.47 bits per heavy atom. The number of ketones is 1. The van der Waals surface area contributed by atoms with Gasteiger partial charge in [0, 0.05) is 11.8 Å². The van der Waals surface area contributed by atoms with Gasteiger partial charge in [-0.25, -0.2) is 0 Å². The number of Topliss-reactive ketones (excluding diaryl/α,β-unsaturated/α-hetero) is 1. The number of aromatic hydroxyl groups is 1. The monoisotopic (exact) mass is 322 g/mol. The summed E-state index contributed by atoms with van der Waals surface area (Å²) in [5.41, 5.74) is 2.75. The Labute approximate surface area is 122 Å². The maximum atomic E-state index is 12.0. The predicted molar refractivity (Wildman–Crippen MR) is 78.8 cm³/mol. The normalized spacial score (nSPS) is 33.7. The van der Waals surface area contributed by atoms with Crippen LogP contribution in [0.15, 0.2) is 18.2 Å². The van der Waals surface area contributed by atoms with Crippen LogP contribution in [0, 0.1) is 5.92 Å². The van der Waals surface area contributed by atoms with Crippen LogP contribution in [0.25, 0.3) is 0 Å². The van der Waals surface area contributed by atoms with Crippen LogP contribution in [0.3, 0.4) is 0 Å². The van der Waals surface area contributed by atoms with E-state index in [-0.39, 0.29) is 10.2 Å². The van der Waals surface area contributed by atoms with Gasteiger partial charge in [-0.2, -0.15) is 0 Å². The number of phenolic OH excluding ortho intramolecular Hbond substituents is 1. The van der Waals surface area contributed by atoms with Crippen molar-refractivity contribution in [2.75, 3.05) is 0 Å². The van der Waals surface area contributed by atoms with Crippen molar-refractivity contribution in [1.82, 2.24) is 0 Å². The second-order valence-corrected chi connectivity index (χ2v) is 7.03. The van der Waals surface area contributed by atoms with Crippen molar-refractivity contribution in [2.24, 2.45) is 5.92 Å². The third-order valence-electron chi connectivity index (χ3n) is 5.14. The third-order valence-corrected chi connectivity index (χ3v) is 5.97. The summed E-state index contributed by atoms with van der Waals surface area (Å²) in [6.45, 7) is 2.23. The van der Waals surface area contributed by atoms with Crippen LogP contribution in [-0.2, 0) is 16.6 Å². The molecule has 1 fully saturated rings. The molecule has 1 aromatic carbocycles. The summed E-state index contributed by atoms with van der Waals surface area (Å²) in [5.74, 6) is 1.18. The molecule has 1 N–H and O–H groups in total. The lowest BCUT2D eigenvalue weighted by Crippen LogP contribution is -2.47. The molecular weight excluding hydrogens is 304 g/mol. The summed E-state index contributed by atoms with van der Waals surface area (Å²) in [4.78, 5) is 12.0. The van der Waals surface area contributed by atoms with Gasteiger partial charge in [-0.05, 0) is 54.9 Å². The van der Waals surface area contributed by atoms with Crippen molar-refractivity contribution in [3.05, 3.63) is 29.3 Å². The Kier molecular flexibility index (Phi) is 3.20. The highest BCUT2D eigenvalue weighted by Crippen LogP contribution is 2.52. The van der Waals surface area contributed by atoms with Crippen LogP contribution in [0.5, 0.6) is 5.75 Å². The average Bonchev–Trinajstić information content (AvgIpc) is 2.40. The van der Waals surface area contributed by atoms with E-state index in [1.807, 2.05) is 6.07 Å². The largest absolute Gasteiger partial charge is 0.508 e. The maximum absolute atomic E-state index is 12.0. The number of aryl methyl sites for hydroxylation is 1. The van der Waals surface area contributed by atoms with Gasteiger partial charge in [0.15, 0.2) is 0 Å². The zero-order valence-electron chi connectivity index (χ0n) is 11.2. The van der Waals surface area contributed by atoms with Crippen LogP contribution in [0.2, 0.25) is 0 Å². The molecule has 0 radical (unpaired) electrons. The van der Waals surface area contributed by atoms with Gasteiger partial charge in [0.1, 0.15) is 11.5 Å². The fraction of sp³-hybridized carbons (Fsp3) is 0.562. The van der Waals surface area contributed by atoms with Gasteiger partial charge in [-0.3, -0.25) is 4.79 Å². The number of phenols is 1. The van der Waals surface area contributed by atoms with Crippen molar-refractivity contribution in [3.8, 4) is 5.75 Å². The fourth-order valence-electron chi connectivity index (χ4n) is 4.10. The number of halogens is 1. The Morgan fingerprint density at radius 3 is 3.00 bits per heavy atom. The predicted octanol–water partition coefficient (Wildman–Crippen LogP) is 3.73. The molecule has 3 atom stereocenters. The zero-order chi connectivity index (χ0) is 13.6. The van der Waals surface area contributed by atoms with E-state index in [4.69, 9.17) is 0 Å². The summed E-state index contributed by atoms with van der Waals surface area (Å²) in [5, 5.41) is 9.67. The topological polar surface area (TPSA) is 37.3 Å². The van der Waals surface area contributed by atoms with Crippen molar-refractivity contribution < 1.29 is 9.90 Å². The molecule has 102 valence electrons. The van der Waals surface area contributed by atoms with Crippen LogP contribution in [0.4, 0.5) is 0 Å². The van der Waals surface area contributed by atoms with Gasteiger partial charge in [0.05, 0.1) is 4.83 Å². The smallest absolute Gasteiger partial charge is 0.146 e. The molecule has 1 aromatic rings. The molecule has 2 aliphatic carbocycles. The number of carbonyl (C=O) groups excluding carboxylic acids is 1. The molecule has 0 saturated heterocycles. The minimum absolute atomic E-state index is 0.0107. The van der Waals surface area contributed by atoms with Gasteiger partial charge < -0.3 is 5.11 Å². The Hall–Kier alpha value is -0.830. The highest BCUT2D eigenvalue weighted by molar-refractivity contribution is 9.10. The first-order valence-electron chi connectivity index (χ1n) is 7.06. The van der Waals surface area contributed by atoms with Gasteiger partial charge in [0.25, 0.3) is 0 Å². The molecule has 3 unspecified atom stereocenters. The van der Waals surface area contributed by atoms with Crippen LogP contribution in [0.1, 0.15) is 43.7 Å². The van der Waals surface area contributed by atoms with E-state index in [1.165, 1.54) is 11.1 Å². The summed E-state index contributed by atoms with van der Waals surface area (Å²) >= 11 is 3.56. The van der Waals surface area contributed by atoms with Crippen LogP contribution < -0.4 is 0 Å². The van der Waals surface area contributed by atoms with Gasteiger partial charge in [0.2, 0.25) is 0 Å².